The molecule has 19 heteroatoms. The molecule has 0 saturated heterocycles. The van der Waals surface area contributed by atoms with Gasteiger partial charge in [0, 0.05) is 43.3 Å². The van der Waals surface area contributed by atoms with Gasteiger partial charge in [-0.3, -0.25) is 9.48 Å². The van der Waals surface area contributed by atoms with Crippen molar-refractivity contribution in [1.82, 2.24) is 18.9 Å². The van der Waals surface area contributed by atoms with Gasteiger partial charge < -0.3 is 42.3 Å². The van der Waals surface area contributed by atoms with Gasteiger partial charge in [-0.15, -0.1) is 4.99 Å². The lowest BCUT2D eigenvalue weighted by Gasteiger charge is -2.27. The maximum Gasteiger partial charge on any atom is 0.437 e. The number of methoxy groups -OCH3 is 1. The minimum absolute atomic E-state index is 0.00676. The smallest absolute Gasteiger partial charge is 0.437 e. The van der Waals surface area contributed by atoms with E-state index in [4.69, 9.17) is 28.4 Å². The van der Waals surface area contributed by atoms with Gasteiger partial charge in [-0.2, -0.15) is 18.3 Å². The molecule has 2 aromatic carbocycles. The van der Waals surface area contributed by atoms with Crippen molar-refractivity contribution in [3.63, 3.8) is 0 Å². The first-order valence-corrected chi connectivity index (χ1v) is 19.2. The van der Waals surface area contributed by atoms with Gasteiger partial charge in [-0.05, 0) is 69.5 Å². The predicted octanol–water partition coefficient (Wildman–Crippen LogP) is 5.79. The van der Waals surface area contributed by atoms with Crippen molar-refractivity contribution in [2.75, 3.05) is 60.0 Å². The topological polar surface area (TPSA) is 156 Å². The summed E-state index contributed by atoms with van der Waals surface area (Å²) in [5.74, 6) is -2.34. The first-order chi connectivity index (χ1) is 28.5. The van der Waals surface area contributed by atoms with Crippen LogP contribution in [-0.2, 0) is 61.2 Å². The van der Waals surface area contributed by atoms with Gasteiger partial charge in [0.1, 0.15) is 24.6 Å². The van der Waals surface area contributed by atoms with E-state index in [1.165, 1.54) is 42.3 Å². The van der Waals surface area contributed by atoms with Crippen molar-refractivity contribution in [2.45, 2.75) is 59.0 Å². The molecule has 0 bridgehead atoms. The normalized spacial score (nSPS) is 14.5. The molecule has 1 aliphatic heterocycles. The summed E-state index contributed by atoms with van der Waals surface area (Å²) in [6, 6.07) is 7.30. The SMILES string of the molecule is CCn1cc(-c2cc(Cn3ccn(C)c3=NC(=O)OC(C)(C)C)cc3c2OCC(Cc2ccc(F)c(OCCOCCOCCOCC(=O)OC)c2)C3=O)c(C(F)(F)F)n1. The number of rotatable bonds is 18. The lowest BCUT2D eigenvalue weighted by Crippen LogP contribution is -2.31. The third-order valence-electron chi connectivity index (χ3n) is 8.99. The highest BCUT2D eigenvalue weighted by atomic mass is 19.4. The fourth-order valence-corrected chi connectivity index (χ4v) is 6.22. The number of Topliss-reactive ketones (excluding diaryl/α,β-unsaturated/α-hetero) is 1. The first-order valence-electron chi connectivity index (χ1n) is 19.2. The van der Waals surface area contributed by atoms with Crippen LogP contribution in [0.15, 0.2) is 53.9 Å². The number of carbonyl (C=O) groups is 3. The van der Waals surface area contributed by atoms with Gasteiger partial charge in [0.05, 0.1) is 64.8 Å². The second-order valence-corrected chi connectivity index (χ2v) is 14.7. The number of aromatic nitrogens is 4. The third-order valence-corrected chi connectivity index (χ3v) is 8.99. The number of esters is 1. The van der Waals surface area contributed by atoms with Crippen LogP contribution in [0.2, 0.25) is 0 Å². The van der Waals surface area contributed by atoms with Crippen molar-refractivity contribution >= 4 is 17.8 Å². The van der Waals surface area contributed by atoms with Gasteiger partial charge in [0.15, 0.2) is 23.0 Å². The second kappa shape index (κ2) is 20.2. The zero-order valence-electron chi connectivity index (χ0n) is 34.3. The highest BCUT2D eigenvalue weighted by Gasteiger charge is 2.40. The molecule has 1 atom stereocenters. The number of fused-ring (bicyclic) bond motifs is 1. The van der Waals surface area contributed by atoms with E-state index in [1.807, 2.05) is 0 Å². The Morgan fingerprint density at radius 1 is 0.933 bits per heavy atom. The quantitative estimate of drug-likeness (QED) is 0.0679. The van der Waals surface area contributed by atoms with Gasteiger partial charge >= 0.3 is 18.2 Å². The molecule has 4 aromatic rings. The number of carbonyl (C=O) groups excluding carboxylic acids is 3. The molecule has 326 valence electrons. The Bertz CT molecular complexity index is 2210. The number of hydrogen-bond donors (Lipinski definition) is 0. The Morgan fingerprint density at radius 2 is 1.62 bits per heavy atom. The lowest BCUT2D eigenvalue weighted by molar-refractivity contribution is -0.146. The molecule has 0 aliphatic carbocycles. The number of benzene rings is 2. The number of imidazole rings is 1. The van der Waals surface area contributed by atoms with Crippen LogP contribution in [-0.4, -0.2) is 102 Å². The van der Waals surface area contributed by atoms with Crippen LogP contribution in [0.1, 0.15) is 54.9 Å². The number of halogens is 4. The molecular weight excluding hydrogens is 798 g/mol. The van der Waals surface area contributed by atoms with E-state index in [9.17, 15) is 31.9 Å². The Morgan fingerprint density at radius 3 is 2.28 bits per heavy atom. The molecule has 0 saturated carbocycles. The van der Waals surface area contributed by atoms with Gasteiger partial charge in [0.2, 0.25) is 5.62 Å². The van der Waals surface area contributed by atoms with Crippen LogP contribution in [0, 0.1) is 11.7 Å². The first kappa shape index (κ1) is 45.6. The number of alkyl halides is 3. The molecule has 0 radical (unpaired) electrons. The van der Waals surface area contributed by atoms with E-state index in [-0.39, 0.29) is 112 Å². The van der Waals surface area contributed by atoms with E-state index >= 15 is 0 Å². The third kappa shape index (κ3) is 12.3. The molecule has 15 nitrogen and oxygen atoms in total. The highest BCUT2D eigenvalue weighted by Crippen LogP contribution is 2.44. The van der Waals surface area contributed by atoms with Crippen molar-refractivity contribution in [3.05, 3.63) is 82.7 Å². The largest absolute Gasteiger partial charge is 0.491 e. The van der Waals surface area contributed by atoms with Crippen molar-refractivity contribution in [1.29, 1.82) is 0 Å². The van der Waals surface area contributed by atoms with Crippen molar-refractivity contribution < 1.29 is 65.1 Å². The Kier molecular flexibility index (Phi) is 15.3. The molecule has 1 unspecified atom stereocenters. The van der Waals surface area contributed by atoms with Crippen LogP contribution in [0.25, 0.3) is 11.1 Å². The van der Waals surface area contributed by atoms with Crippen LogP contribution < -0.4 is 15.1 Å². The summed E-state index contributed by atoms with van der Waals surface area (Å²) in [5, 5.41) is 3.79. The standard InChI is InChI=1S/C41H49F4N5O10/c1-7-50-23-31(37(47-50)41(43,44)45)29-19-27(22-49-11-10-48(5)38(49)46-39(53)60-40(2,3)4)20-30-35(52)28(24-59-36(29)30)18-26-8-9-32(42)33(21-26)58-17-16-56-13-12-55-14-15-57-25-34(51)54-6/h8-11,19-21,23,28H,7,12-18,22,24-25H2,1-6H3. The van der Waals surface area contributed by atoms with Crippen molar-refractivity contribution in [2.24, 2.45) is 18.0 Å². The molecule has 0 N–H and O–H groups in total. The molecule has 0 fully saturated rings. The van der Waals surface area contributed by atoms with E-state index < -0.39 is 41.3 Å². The number of ketones is 1. The van der Waals surface area contributed by atoms with Gasteiger partial charge in [-0.1, -0.05) is 6.07 Å². The molecule has 1 aliphatic rings. The van der Waals surface area contributed by atoms with Crippen LogP contribution in [0.4, 0.5) is 22.4 Å². The molecule has 0 spiro atoms. The van der Waals surface area contributed by atoms with E-state index in [1.54, 1.807) is 62.3 Å². The average molecular weight is 848 g/mol. The molecule has 2 aromatic heterocycles. The summed E-state index contributed by atoms with van der Waals surface area (Å²) in [6.07, 6.45) is -0.975. The van der Waals surface area contributed by atoms with E-state index in [2.05, 4.69) is 14.8 Å². The molecule has 5 rings (SSSR count). The predicted molar refractivity (Wildman–Crippen MR) is 206 cm³/mol. The zero-order chi connectivity index (χ0) is 43.6. The monoisotopic (exact) mass is 847 g/mol. The highest BCUT2D eigenvalue weighted by molar-refractivity contribution is 6.04. The fraction of sp³-hybridized carbons (Fsp3) is 0.488. The molecule has 1 amide bonds. The number of hydrogen-bond acceptors (Lipinski definition) is 11. The van der Waals surface area contributed by atoms with Crippen LogP contribution in [0.3, 0.4) is 0 Å². The number of nitrogens with zero attached hydrogens (tertiary/aromatic N) is 5. The molecular formula is C41H49F4N5O10. The summed E-state index contributed by atoms with van der Waals surface area (Å²) >= 11 is 0. The number of amides is 1. The molecule has 60 heavy (non-hydrogen) atoms. The minimum Gasteiger partial charge on any atom is -0.491 e. The maximum absolute atomic E-state index is 14.8. The molecule has 3 heterocycles. The Labute approximate surface area is 343 Å². The summed E-state index contributed by atoms with van der Waals surface area (Å²) in [4.78, 5) is 42.1. The summed E-state index contributed by atoms with van der Waals surface area (Å²) in [7, 11) is 2.94. The summed E-state index contributed by atoms with van der Waals surface area (Å²) in [6.45, 7) is 7.72. The minimum atomic E-state index is -4.82. The summed E-state index contributed by atoms with van der Waals surface area (Å²) < 4.78 is 99.9. The Balaban J connectivity index is 1.34. The van der Waals surface area contributed by atoms with Gasteiger partial charge in [0.25, 0.3) is 0 Å². The second-order valence-electron chi connectivity index (χ2n) is 14.7. The maximum atomic E-state index is 14.8. The van der Waals surface area contributed by atoms with Crippen LogP contribution >= 0.6 is 0 Å². The van der Waals surface area contributed by atoms with E-state index in [0.29, 0.717) is 11.1 Å². The average Bonchev–Trinajstić information content (AvgIpc) is 3.78. The number of aryl methyl sites for hydroxylation is 2. The lowest BCUT2D eigenvalue weighted by atomic mass is 9.86. The number of ether oxygens (including phenoxy) is 7. The zero-order valence-corrected chi connectivity index (χ0v) is 34.3. The van der Waals surface area contributed by atoms with Crippen molar-refractivity contribution in [3.8, 4) is 22.6 Å². The fourth-order valence-electron chi connectivity index (χ4n) is 6.22. The van der Waals surface area contributed by atoms with E-state index in [0.717, 1.165) is 0 Å². The Hall–Kier alpha value is -5.53. The van der Waals surface area contributed by atoms with Crippen LogP contribution in [0.5, 0.6) is 11.5 Å². The summed E-state index contributed by atoms with van der Waals surface area (Å²) in [5.41, 5.74) is -0.923. The van der Waals surface area contributed by atoms with Gasteiger partial charge in [-0.25, -0.2) is 14.0 Å².